The van der Waals surface area contributed by atoms with Crippen molar-refractivity contribution in [2.45, 2.75) is 26.7 Å². The summed E-state index contributed by atoms with van der Waals surface area (Å²) >= 11 is 0. The number of carbonyl (C=O) groups excluding carboxylic acids is 1. The zero-order valence-electron chi connectivity index (χ0n) is 19.6. The highest BCUT2D eigenvalue weighted by molar-refractivity contribution is 6.08. The molecule has 0 spiro atoms. The van der Waals surface area contributed by atoms with Crippen LogP contribution in [0.2, 0.25) is 0 Å². The summed E-state index contributed by atoms with van der Waals surface area (Å²) in [4.78, 5) is 24.0. The minimum atomic E-state index is -0.385. The highest BCUT2D eigenvalue weighted by atomic mass is 16.5. The summed E-state index contributed by atoms with van der Waals surface area (Å²) in [6.45, 7) is 4.10. The Morgan fingerprint density at radius 1 is 0.912 bits per heavy atom. The first-order valence-corrected chi connectivity index (χ1v) is 10.9. The fourth-order valence-corrected chi connectivity index (χ4v) is 3.94. The van der Waals surface area contributed by atoms with Gasteiger partial charge in [-0.1, -0.05) is 0 Å². The van der Waals surface area contributed by atoms with Gasteiger partial charge in [0.25, 0.3) is 0 Å². The summed E-state index contributed by atoms with van der Waals surface area (Å²) in [6, 6.07) is 8.63. The van der Waals surface area contributed by atoms with Gasteiger partial charge in [-0.25, -0.2) is 4.79 Å². The van der Waals surface area contributed by atoms with Gasteiger partial charge in [0.05, 0.1) is 39.1 Å². The summed E-state index contributed by atoms with van der Waals surface area (Å²) in [7, 11) is 3.00. The van der Waals surface area contributed by atoms with Crippen molar-refractivity contribution in [3.63, 3.8) is 0 Å². The summed E-state index contributed by atoms with van der Waals surface area (Å²) in [5.41, 5.74) is 1.75. The second-order valence-electron chi connectivity index (χ2n) is 7.80. The van der Waals surface area contributed by atoms with Crippen molar-refractivity contribution in [3.05, 3.63) is 58.1 Å². The van der Waals surface area contributed by atoms with Gasteiger partial charge in [-0.05, 0) is 50.5 Å². The second-order valence-corrected chi connectivity index (χ2v) is 7.80. The molecule has 4 aromatic rings. The Morgan fingerprint density at radius 3 is 2.35 bits per heavy atom. The van der Waals surface area contributed by atoms with E-state index in [1.54, 1.807) is 12.1 Å². The number of benzene rings is 2. The molecule has 0 aliphatic rings. The van der Waals surface area contributed by atoms with E-state index in [0.29, 0.717) is 71.2 Å². The number of rotatable bonds is 10. The number of carbonyl (C=O) groups is 1. The molecule has 0 radical (unpaired) electrons. The lowest BCUT2D eigenvalue weighted by atomic mass is 10.0. The van der Waals surface area contributed by atoms with Gasteiger partial charge >= 0.3 is 5.63 Å². The van der Waals surface area contributed by atoms with Gasteiger partial charge < -0.3 is 27.8 Å². The smallest absolute Gasteiger partial charge is 0.336 e. The normalized spacial score (nSPS) is 11.1. The number of aryl methyl sites for hydroxylation is 1. The maximum absolute atomic E-state index is 12.4. The van der Waals surface area contributed by atoms with Crippen LogP contribution in [0.15, 0.2) is 50.2 Å². The van der Waals surface area contributed by atoms with Gasteiger partial charge in [0, 0.05) is 17.5 Å². The quantitative estimate of drug-likeness (QED) is 0.176. The van der Waals surface area contributed by atoms with E-state index >= 15 is 0 Å². The number of ketones is 1. The van der Waals surface area contributed by atoms with Gasteiger partial charge in [-0.2, -0.15) is 0 Å². The van der Waals surface area contributed by atoms with Crippen LogP contribution in [0.3, 0.4) is 0 Å². The van der Waals surface area contributed by atoms with Crippen LogP contribution in [-0.2, 0) is 0 Å². The molecule has 0 atom stereocenters. The Kier molecular flexibility index (Phi) is 6.77. The van der Waals surface area contributed by atoms with Crippen molar-refractivity contribution in [1.82, 2.24) is 0 Å². The molecule has 0 bridgehead atoms. The Bertz CT molecular complexity index is 1400. The van der Waals surface area contributed by atoms with Crippen LogP contribution in [-0.4, -0.2) is 33.2 Å². The van der Waals surface area contributed by atoms with E-state index in [0.717, 1.165) is 10.9 Å². The van der Waals surface area contributed by atoms with Crippen molar-refractivity contribution in [3.8, 4) is 23.0 Å². The fraction of sp³-hybridized carbons (Fsp3) is 0.308. The van der Waals surface area contributed by atoms with Crippen LogP contribution in [0.5, 0.6) is 23.0 Å². The van der Waals surface area contributed by atoms with Crippen molar-refractivity contribution >= 4 is 27.7 Å². The lowest BCUT2D eigenvalue weighted by Gasteiger charge is -2.17. The molecular formula is C26H26O8. The number of Topliss-reactive ketones (excluding diaryl/α,β-unsaturated/α-hetero) is 1. The zero-order valence-corrected chi connectivity index (χ0v) is 19.6. The lowest BCUT2D eigenvalue weighted by molar-refractivity contribution is 0.101. The highest BCUT2D eigenvalue weighted by Crippen LogP contribution is 2.46. The number of hydrogen-bond acceptors (Lipinski definition) is 8. The highest BCUT2D eigenvalue weighted by Gasteiger charge is 2.27. The van der Waals surface area contributed by atoms with Gasteiger partial charge in [0.1, 0.15) is 22.6 Å². The molecule has 0 aliphatic carbocycles. The molecule has 178 valence electrons. The van der Waals surface area contributed by atoms with Crippen molar-refractivity contribution < 1.29 is 32.6 Å². The lowest BCUT2D eigenvalue weighted by Crippen LogP contribution is -2.08. The fourth-order valence-electron chi connectivity index (χ4n) is 3.94. The molecule has 2 heterocycles. The molecule has 0 amide bonds. The number of ether oxygens (including phenoxy) is 4. The Labute approximate surface area is 196 Å². The van der Waals surface area contributed by atoms with Gasteiger partial charge in [0.15, 0.2) is 17.1 Å². The minimum Gasteiger partial charge on any atom is -0.495 e. The van der Waals surface area contributed by atoms with Crippen LogP contribution in [0.1, 0.15) is 35.7 Å². The summed E-state index contributed by atoms with van der Waals surface area (Å²) < 4.78 is 33.6. The number of unbranched alkanes of at least 4 members (excludes halogenated alkanes) is 1. The number of furan rings is 1. The van der Waals surface area contributed by atoms with Crippen LogP contribution in [0.4, 0.5) is 0 Å². The Morgan fingerprint density at radius 2 is 1.65 bits per heavy atom. The van der Waals surface area contributed by atoms with Crippen molar-refractivity contribution in [2.75, 3.05) is 27.4 Å². The van der Waals surface area contributed by atoms with Gasteiger partial charge in [-0.15, -0.1) is 0 Å². The molecule has 0 saturated carbocycles. The zero-order chi connectivity index (χ0) is 24.2. The first kappa shape index (κ1) is 23.2. The average Bonchev–Trinajstić information content (AvgIpc) is 3.29. The molecule has 8 heteroatoms. The Hall–Kier alpha value is -3.94. The number of hydrogen-bond donors (Lipinski definition) is 0. The molecule has 0 aliphatic heterocycles. The van der Waals surface area contributed by atoms with Crippen LogP contribution in [0, 0.1) is 6.92 Å². The molecule has 0 saturated heterocycles. The maximum Gasteiger partial charge on any atom is 0.336 e. The third-order valence-corrected chi connectivity index (χ3v) is 5.51. The number of methoxy groups -OCH3 is 2. The molecule has 8 nitrogen and oxygen atoms in total. The van der Waals surface area contributed by atoms with E-state index in [1.165, 1.54) is 33.5 Å². The minimum absolute atomic E-state index is 0.199. The van der Waals surface area contributed by atoms with E-state index in [4.69, 9.17) is 27.8 Å². The molecule has 34 heavy (non-hydrogen) atoms. The van der Waals surface area contributed by atoms with Crippen LogP contribution in [0.25, 0.3) is 21.9 Å². The van der Waals surface area contributed by atoms with Crippen LogP contribution < -0.4 is 24.6 Å². The van der Waals surface area contributed by atoms with E-state index < -0.39 is 0 Å². The van der Waals surface area contributed by atoms with E-state index in [9.17, 15) is 9.59 Å². The first-order valence-electron chi connectivity index (χ1n) is 10.9. The summed E-state index contributed by atoms with van der Waals surface area (Å²) in [5.74, 6) is 1.48. The molecule has 0 fully saturated rings. The molecule has 2 aromatic heterocycles. The summed E-state index contributed by atoms with van der Waals surface area (Å²) in [5, 5.41) is 1.52. The molecular weight excluding hydrogens is 440 g/mol. The van der Waals surface area contributed by atoms with E-state index in [2.05, 4.69) is 0 Å². The first-order chi connectivity index (χ1) is 16.4. The van der Waals surface area contributed by atoms with Crippen LogP contribution >= 0.6 is 0 Å². The molecule has 0 N–H and O–H groups in total. The standard InChI is InChI=1S/C26H26O8/c1-15-13-21(28)34-20-14-17(7-8-18(15)20)31-10-5-6-11-32-25-22(16(2)27)23(29-3)19-9-12-33-24(19)26(25)30-4/h7-9,12-14H,5-6,10-11H2,1-4H3. The van der Waals surface area contributed by atoms with Crippen molar-refractivity contribution in [2.24, 2.45) is 0 Å². The molecule has 2 aromatic carbocycles. The average molecular weight is 466 g/mol. The Balaban J connectivity index is 1.41. The predicted octanol–water partition coefficient (Wildman–Crippen LogP) is 5.31. The topological polar surface area (TPSA) is 97.3 Å². The third kappa shape index (κ3) is 4.44. The van der Waals surface area contributed by atoms with Crippen molar-refractivity contribution in [1.29, 1.82) is 0 Å². The van der Waals surface area contributed by atoms with Gasteiger partial charge in [0.2, 0.25) is 5.75 Å². The second kappa shape index (κ2) is 9.91. The SMILES string of the molecule is COc1c(C(C)=O)c(OCCCCOc2ccc3c(C)cc(=O)oc3c2)c(OC)c2occc12. The number of fused-ring (bicyclic) bond motifs is 2. The largest absolute Gasteiger partial charge is 0.495 e. The van der Waals surface area contributed by atoms with E-state index in [1.807, 2.05) is 19.1 Å². The molecule has 0 unspecified atom stereocenters. The van der Waals surface area contributed by atoms with E-state index in [-0.39, 0.29) is 11.4 Å². The maximum atomic E-state index is 12.4. The summed E-state index contributed by atoms with van der Waals surface area (Å²) in [6.07, 6.45) is 2.88. The predicted molar refractivity (Wildman–Crippen MR) is 127 cm³/mol. The monoisotopic (exact) mass is 466 g/mol. The third-order valence-electron chi connectivity index (χ3n) is 5.51. The van der Waals surface area contributed by atoms with Gasteiger partial charge in [-0.3, -0.25) is 4.79 Å². The molecule has 4 rings (SSSR count).